The van der Waals surface area contributed by atoms with Gasteiger partial charge < -0.3 is 10.5 Å². The molecule has 1 heterocycles. The molecule has 96 valence electrons. The highest BCUT2D eigenvalue weighted by Gasteiger charge is 2.12. The Labute approximate surface area is 109 Å². The summed E-state index contributed by atoms with van der Waals surface area (Å²) in [5.41, 5.74) is 7.24. The van der Waals surface area contributed by atoms with Gasteiger partial charge in [0, 0.05) is 11.3 Å². The fourth-order valence-electron chi connectivity index (χ4n) is 1.80. The fourth-order valence-corrected chi connectivity index (χ4v) is 2.75. The quantitative estimate of drug-likeness (QED) is 0.925. The van der Waals surface area contributed by atoms with E-state index in [0.29, 0.717) is 22.9 Å². The lowest BCUT2D eigenvalue weighted by Gasteiger charge is -2.05. The van der Waals surface area contributed by atoms with Gasteiger partial charge in [-0.2, -0.15) is 0 Å². The zero-order chi connectivity index (χ0) is 13.1. The van der Waals surface area contributed by atoms with Crippen molar-refractivity contribution in [3.8, 4) is 5.75 Å². The lowest BCUT2D eigenvalue weighted by Crippen LogP contribution is -1.95. The molecule has 0 atom stereocenters. The molecule has 1 aromatic carbocycles. The smallest absolute Gasteiger partial charge is 0.180 e. The monoisotopic (exact) mass is 266 g/mol. The molecule has 0 aliphatic rings. The van der Waals surface area contributed by atoms with Crippen molar-refractivity contribution < 1.29 is 9.13 Å². The molecular formula is C13H15FN2OS. The molecule has 0 saturated carbocycles. The molecule has 0 amide bonds. The van der Waals surface area contributed by atoms with Crippen LogP contribution in [0.3, 0.4) is 0 Å². The van der Waals surface area contributed by atoms with Gasteiger partial charge in [0.25, 0.3) is 0 Å². The third-order valence-electron chi connectivity index (χ3n) is 2.73. The number of nitrogen functional groups attached to an aromatic ring is 1. The number of hydrogen-bond acceptors (Lipinski definition) is 4. The highest BCUT2D eigenvalue weighted by Crippen LogP contribution is 2.26. The molecule has 0 unspecified atom stereocenters. The summed E-state index contributed by atoms with van der Waals surface area (Å²) in [4.78, 5) is 5.26. The van der Waals surface area contributed by atoms with Crippen LogP contribution in [0.25, 0.3) is 0 Å². The lowest BCUT2D eigenvalue weighted by atomic mass is 10.1. The van der Waals surface area contributed by atoms with E-state index >= 15 is 0 Å². The minimum atomic E-state index is -0.232. The molecule has 0 radical (unpaired) electrons. The summed E-state index contributed by atoms with van der Waals surface area (Å²) in [5.74, 6) is 0.423. The van der Waals surface area contributed by atoms with Crippen molar-refractivity contribution in [1.82, 2.24) is 4.98 Å². The Bertz CT molecular complexity index is 554. The van der Waals surface area contributed by atoms with Crippen molar-refractivity contribution in [2.24, 2.45) is 0 Å². The molecule has 0 aliphatic heterocycles. The van der Waals surface area contributed by atoms with Crippen LogP contribution >= 0.6 is 11.3 Å². The van der Waals surface area contributed by atoms with E-state index in [1.807, 2.05) is 6.92 Å². The van der Waals surface area contributed by atoms with E-state index in [9.17, 15) is 4.39 Å². The highest BCUT2D eigenvalue weighted by molar-refractivity contribution is 7.15. The van der Waals surface area contributed by atoms with Gasteiger partial charge in [-0.25, -0.2) is 9.37 Å². The SMILES string of the molecule is CCc1nc(N)sc1Cc1cc(OC)ccc1F. The third kappa shape index (κ3) is 2.61. The minimum absolute atomic E-state index is 0.232. The van der Waals surface area contributed by atoms with E-state index in [0.717, 1.165) is 17.0 Å². The van der Waals surface area contributed by atoms with Gasteiger partial charge in [0.1, 0.15) is 11.6 Å². The summed E-state index contributed by atoms with van der Waals surface area (Å²) in [7, 11) is 1.57. The van der Waals surface area contributed by atoms with E-state index in [4.69, 9.17) is 10.5 Å². The number of nitrogens with two attached hydrogens (primary N) is 1. The Balaban J connectivity index is 2.32. The zero-order valence-corrected chi connectivity index (χ0v) is 11.2. The predicted octanol–water partition coefficient (Wildman–Crippen LogP) is 3.03. The van der Waals surface area contributed by atoms with Gasteiger partial charge in [-0.15, -0.1) is 11.3 Å². The van der Waals surface area contributed by atoms with Crippen molar-refractivity contribution >= 4 is 16.5 Å². The topological polar surface area (TPSA) is 48.1 Å². The Morgan fingerprint density at radius 1 is 1.44 bits per heavy atom. The van der Waals surface area contributed by atoms with Crippen LogP contribution < -0.4 is 10.5 Å². The van der Waals surface area contributed by atoms with Gasteiger partial charge >= 0.3 is 0 Å². The first kappa shape index (κ1) is 12.8. The van der Waals surface area contributed by atoms with Crippen LogP contribution in [0, 0.1) is 5.82 Å². The zero-order valence-electron chi connectivity index (χ0n) is 10.4. The van der Waals surface area contributed by atoms with Crippen LogP contribution in [0.1, 0.15) is 23.1 Å². The van der Waals surface area contributed by atoms with Crippen molar-refractivity contribution in [1.29, 1.82) is 0 Å². The van der Waals surface area contributed by atoms with Gasteiger partial charge in [-0.05, 0) is 30.2 Å². The van der Waals surface area contributed by atoms with E-state index in [2.05, 4.69) is 4.98 Å². The number of thiazole rings is 1. The number of anilines is 1. The first-order chi connectivity index (χ1) is 8.63. The van der Waals surface area contributed by atoms with Crippen LogP contribution in [-0.2, 0) is 12.8 Å². The van der Waals surface area contributed by atoms with Crippen LogP contribution in [0.2, 0.25) is 0 Å². The van der Waals surface area contributed by atoms with Gasteiger partial charge in [0.2, 0.25) is 0 Å². The molecule has 0 spiro atoms. The number of nitrogens with zero attached hydrogens (tertiary/aromatic N) is 1. The molecule has 2 rings (SSSR count). The Kier molecular flexibility index (Phi) is 3.81. The van der Waals surface area contributed by atoms with Crippen LogP contribution in [0.5, 0.6) is 5.75 Å². The number of benzene rings is 1. The lowest BCUT2D eigenvalue weighted by molar-refractivity contribution is 0.413. The summed E-state index contributed by atoms with van der Waals surface area (Å²) in [6.07, 6.45) is 1.30. The van der Waals surface area contributed by atoms with E-state index in [1.165, 1.54) is 17.4 Å². The highest BCUT2D eigenvalue weighted by atomic mass is 32.1. The predicted molar refractivity (Wildman–Crippen MR) is 71.7 cm³/mol. The van der Waals surface area contributed by atoms with Crippen molar-refractivity contribution in [3.05, 3.63) is 40.2 Å². The normalized spacial score (nSPS) is 10.6. The average molecular weight is 266 g/mol. The largest absolute Gasteiger partial charge is 0.497 e. The Morgan fingerprint density at radius 3 is 2.89 bits per heavy atom. The summed E-state index contributed by atoms with van der Waals surface area (Å²) < 4.78 is 18.8. The Hall–Kier alpha value is -1.62. The summed E-state index contributed by atoms with van der Waals surface area (Å²) in [5, 5.41) is 0.533. The number of methoxy groups -OCH3 is 1. The molecule has 5 heteroatoms. The second kappa shape index (κ2) is 5.35. The number of hydrogen-bond donors (Lipinski definition) is 1. The second-order valence-electron chi connectivity index (χ2n) is 3.91. The maximum Gasteiger partial charge on any atom is 0.180 e. The number of aromatic nitrogens is 1. The molecule has 1 aromatic heterocycles. The van der Waals surface area contributed by atoms with Crippen LogP contribution in [0.15, 0.2) is 18.2 Å². The molecular weight excluding hydrogens is 251 g/mol. The van der Waals surface area contributed by atoms with Crippen molar-refractivity contribution in [3.63, 3.8) is 0 Å². The standard InChI is InChI=1S/C13H15FN2OS/c1-3-11-12(18-13(15)16-11)7-8-6-9(17-2)4-5-10(8)14/h4-6H,3,7H2,1-2H3,(H2,15,16). The molecule has 0 saturated heterocycles. The molecule has 3 nitrogen and oxygen atoms in total. The van der Waals surface area contributed by atoms with E-state index in [1.54, 1.807) is 19.2 Å². The Morgan fingerprint density at radius 2 is 2.22 bits per heavy atom. The minimum Gasteiger partial charge on any atom is -0.497 e. The molecule has 2 N–H and O–H groups in total. The van der Waals surface area contributed by atoms with Crippen molar-refractivity contribution in [2.75, 3.05) is 12.8 Å². The van der Waals surface area contributed by atoms with Crippen LogP contribution in [-0.4, -0.2) is 12.1 Å². The number of aryl methyl sites for hydroxylation is 1. The van der Waals surface area contributed by atoms with Gasteiger partial charge in [-0.3, -0.25) is 0 Å². The maximum absolute atomic E-state index is 13.7. The first-order valence-corrected chi connectivity index (χ1v) is 6.52. The molecule has 0 bridgehead atoms. The van der Waals surface area contributed by atoms with Crippen LogP contribution in [0.4, 0.5) is 9.52 Å². The first-order valence-electron chi connectivity index (χ1n) is 5.70. The van der Waals surface area contributed by atoms with E-state index < -0.39 is 0 Å². The average Bonchev–Trinajstić information content (AvgIpc) is 2.72. The summed E-state index contributed by atoms with van der Waals surface area (Å²) in [6.45, 7) is 2.01. The second-order valence-corrected chi connectivity index (χ2v) is 5.02. The number of ether oxygens (including phenoxy) is 1. The summed E-state index contributed by atoms with van der Waals surface area (Å²) >= 11 is 1.42. The van der Waals surface area contributed by atoms with Gasteiger partial charge in [-0.1, -0.05) is 6.92 Å². The molecule has 2 aromatic rings. The maximum atomic E-state index is 13.7. The summed E-state index contributed by atoms with van der Waals surface area (Å²) in [6, 6.07) is 4.75. The van der Waals surface area contributed by atoms with Gasteiger partial charge in [0.05, 0.1) is 12.8 Å². The fraction of sp³-hybridized carbons (Fsp3) is 0.308. The number of rotatable bonds is 4. The molecule has 18 heavy (non-hydrogen) atoms. The van der Waals surface area contributed by atoms with Gasteiger partial charge in [0.15, 0.2) is 5.13 Å². The third-order valence-corrected chi connectivity index (χ3v) is 3.66. The molecule has 0 fully saturated rings. The van der Waals surface area contributed by atoms with E-state index in [-0.39, 0.29) is 5.82 Å². The molecule has 0 aliphatic carbocycles. The number of halogens is 1. The van der Waals surface area contributed by atoms with Crippen molar-refractivity contribution in [2.45, 2.75) is 19.8 Å².